The van der Waals surface area contributed by atoms with Gasteiger partial charge < -0.3 is 4.42 Å². The Hall–Kier alpha value is -3.09. The van der Waals surface area contributed by atoms with Crippen molar-refractivity contribution < 1.29 is 18.4 Å². The van der Waals surface area contributed by atoms with Crippen LogP contribution in [0, 0.1) is 5.82 Å². The first-order valence-corrected chi connectivity index (χ1v) is 6.86. The molecule has 0 bridgehead atoms. The van der Waals surface area contributed by atoms with E-state index in [0.717, 1.165) is 17.5 Å². The summed E-state index contributed by atoms with van der Waals surface area (Å²) in [6, 6.07) is 7.87. The van der Waals surface area contributed by atoms with E-state index in [2.05, 4.69) is 15.2 Å². The van der Waals surface area contributed by atoms with Crippen LogP contribution in [0.5, 0.6) is 0 Å². The van der Waals surface area contributed by atoms with Crippen LogP contribution in [0.3, 0.4) is 0 Å². The number of halogens is 1. The molecule has 0 radical (unpaired) electrons. The van der Waals surface area contributed by atoms with Crippen LogP contribution in [0.25, 0.3) is 0 Å². The number of furan rings is 1. The van der Waals surface area contributed by atoms with Gasteiger partial charge >= 0.3 is 0 Å². The molecule has 7 heteroatoms. The monoisotopic (exact) mass is 313 g/mol. The van der Waals surface area contributed by atoms with Crippen molar-refractivity contribution in [2.45, 2.75) is 12.8 Å². The van der Waals surface area contributed by atoms with Gasteiger partial charge in [-0.2, -0.15) is 5.10 Å². The molecule has 23 heavy (non-hydrogen) atoms. The maximum atomic E-state index is 13.2. The molecule has 2 aromatic heterocycles. The van der Waals surface area contributed by atoms with Crippen molar-refractivity contribution in [2.75, 3.05) is 0 Å². The van der Waals surface area contributed by atoms with E-state index >= 15 is 0 Å². The predicted molar refractivity (Wildman–Crippen MR) is 77.3 cm³/mol. The molecule has 2 heterocycles. The summed E-state index contributed by atoms with van der Waals surface area (Å²) >= 11 is 0. The number of nitrogens with zero attached hydrogens (tertiary/aromatic N) is 2. The normalized spacial score (nSPS) is 10.7. The van der Waals surface area contributed by atoms with E-state index in [1.54, 1.807) is 18.2 Å². The Balaban J connectivity index is 1.73. The lowest BCUT2D eigenvalue weighted by Gasteiger charge is -2.03. The second-order valence-corrected chi connectivity index (χ2v) is 4.94. The van der Waals surface area contributed by atoms with Crippen LogP contribution < -0.4 is 0 Å². The minimum Gasteiger partial charge on any atom is -0.469 e. The summed E-state index contributed by atoms with van der Waals surface area (Å²) in [6.07, 6.45) is 2.82. The summed E-state index contributed by atoms with van der Waals surface area (Å²) in [6.45, 7) is 0. The van der Waals surface area contributed by atoms with Gasteiger partial charge in [0, 0.05) is 6.42 Å². The van der Waals surface area contributed by atoms with Crippen molar-refractivity contribution in [3.05, 3.63) is 71.5 Å². The second-order valence-electron chi connectivity index (χ2n) is 4.94. The molecule has 0 atom stereocenters. The van der Waals surface area contributed by atoms with Crippen LogP contribution >= 0.6 is 0 Å². The third-order valence-electron chi connectivity index (χ3n) is 3.33. The standard InChI is InChI=1S/C16H12FN3O3/c17-12-3-1-2-10(7-12)6-11-4-5-23-14(11)8-13(21)15(22)16-18-9-19-20-16/h1-5,7,9H,6,8H2,(H,18,19,20). The first-order valence-electron chi connectivity index (χ1n) is 6.86. The number of aromatic amines is 1. The van der Waals surface area contributed by atoms with E-state index in [1.807, 2.05) is 0 Å². The molecule has 0 amide bonds. The van der Waals surface area contributed by atoms with Gasteiger partial charge in [-0.1, -0.05) is 12.1 Å². The van der Waals surface area contributed by atoms with Gasteiger partial charge in [-0.25, -0.2) is 9.37 Å². The summed E-state index contributed by atoms with van der Waals surface area (Å²) in [5.74, 6) is -1.46. The lowest BCUT2D eigenvalue weighted by molar-refractivity contribution is -0.114. The first-order chi connectivity index (χ1) is 11.1. The van der Waals surface area contributed by atoms with Crippen LogP contribution in [0.1, 0.15) is 27.5 Å². The molecule has 0 fully saturated rings. The maximum absolute atomic E-state index is 13.2. The summed E-state index contributed by atoms with van der Waals surface area (Å²) in [4.78, 5) is 27.5. The van der Waals surface area contributed by atoms with Crippen molar-refractivity contribution in [1.29, 1.82) is 0 Å². The Morgan fingerprint density at radius 1 is 1.26 bits per heavy atom. The smallest absolute Gasteiger partial charge is 0.265 e. The second kappa shape index (κ2) is 6.35. The van der Waals surface area contributed by atoms with Gasteiger partial charge in [0.1, 0.15) is 17.9 Å². The summed E-state index contributed by atoms with van der Waals surface area (Å²) in [5, 5.41) is 5.89. The quantitative estimate of drug-likeness (QED) is 0.556. The summed E-state index contributed by atoms with van der Waals surface area (Å²) < 4.78 is 18.5. The minimum absolute atomic E-state index is 0.103. The number of carbonyl (C=O) groups is 2. The lowest BCUT2D eigenvalue weighted by Crippen LogP contribution is -2.18. The Morgan fingerprint density at radius 3 is 2.87 bits per heavy atom. The number of hydrogen-bond donors (Lipinski definition) is 1. The highest BCUT2D eigenvalue weighted by Crippen LogP contribution is 2.17. The molecule has 0 aliphatic carbocycles. The number of Topliss-reactive ketones (excluding diaryl/α,β-unsaturated/α-hetero) is 2. The van der Waals surface area contributed by atoms with Crippen LogP contribution in [0.2, 0.25) is 0 Å². The van der Waals surface area contributed by atoms with Crippen molar-refractivity contribution in [3.8, 4) is 0 Å². The van der Waals surface area contributed by atoms with Crippen molar-refractivity contribution in [3.63, 3.8) is 0 Å². The molecule has 0 unspecified atom stereocenters. The molecule has 6 nitrogen and oxygen atoms in total. The van der Waals surface area contributed by atoms with Crippen molar-refractivity contribution in [2.24, 2.45) is 0 Å². The topological polar surface area (TPSA) is 88.8 Å². The number of hydrogen-bond acceptors (Lipinski definition) is 5. The zero-order valence-electron chi connectivity index (χ0n) is 12.0. The number of nitrogens with one attached hydrogen (secondary N) is 1. The van der Waals surface area contributed by atoms with Gasteiger partial charge in [0.05, 0.1) is 12.7 Å². The molecule has 116 valence electrons. The molecule has 3 rings (SSSR count). The fourth-order valence-electron chi connectivity index (χ4n) is 2.22. The third kappa shape index (κ3) is 3.39. The molecular formula is C16H12FN3O3. The largest absolute Gasteiger partial charge is 0.469 e. The average molecular weight is 313 g/mol. The molecule has 1 N–H and O–H groups in total. The minimum atomic E-state index is -0.754. The zero-order chi connectivity index (χ0) is 16.2. The molecular weight excluding hydrogens is 301 g/mol. The SMILES string of the molecule is O=C(Cc1occc1Cc1cccc(F)c1)C(=O)c1ncn[nH]1. The van der Waals surface area contributed by atoms with E-state index in [1.165, 1.54) is 18.4 Å². The van der Waals surface area contributed by atoms with E-state index in [-0.39, 0.29) is 18.1 Å². The van der Waals surface area contributed by atoms with E-state index in [4.69, 9.17) is 4.42 Å². The molecule has 0 saturated heterocycles. The number of aromatic nitrogens is 3. The molecule has 3 aromatic rings. The highest BCUT2D eigenvalue weighted by atomic mass is 19.1. The van der Waals surface area contributed by atoms with Crippen LogP contribution in [-0.2, 0) is 17.6 Å². The van der Waals surface area contributed by atoms with E-state index < -0.39 is 11.6 Å². The average Bonchev–Trinajstić information content (AvgIpc) is 3.19. The van der Waals surface area contributed by atoms with Gasteiger partial charge in [0.25, 0.3) is 5.78 Å². The predicted octanol–water partition coefficient (Wildman–Crippen LogP) is 2.12. The Morgan fingerprint density at radius 2 is 2.13 bits per heavy atom. The highest BCUT2D eigenvalue weighted by molar-refractivity contribution is 6.43. The maximum Gasteiger partial charge on any atom is 0.265 e. The molecule has 1 aromatic carbocycles. The highest BCUT2D eigenvalue weighted by Gasteiger charge is 2.22. The number of ketones is 2. The molecule has 0 aliphatic heterocycles. The number of H-pyrrole nitrogens is 1. The third-order valence-corrected chi connectivity index (χ3v) is 3.33. The number of benzene rings is 1. The molecule has 0 saturated carbocycles. The fraction of sp³-hybridized carbons (Fsp3) is 0.125. The van der Waals surface area contributed by atoms with Crippen LogP contribution in [0.15, 0.2) is 47.3 Å². The van der Waals surface area contributed by atoms with E-state index in [0.29, 0.717) is 12.2 Å². The molecule has 0 aliphatic rings. The summed E-state index contributed by atoms with van der Waals surface area (Å²) in [7, 11) is 0. The lowest BCUT2D eigenvalue weighted by atomic mass is 10.0. The van der Waals surface area contributed by atoms with Crippen LogP contribution in [0.4, 0.5) is 4.39 Å². The van der Waals surface area contributed by atoms with Gasteiger partial charge in [-0.05, 0) is 29.3 Å². The number of carbonyl (C=O) groups excluding carboxylic acids is 2. The molecule has 0 spiro atoms. The van der Waals surface area contributed by atoms with Crippen molar-refractivity contribution >= 4 is 11.6 Å². The number of rotatable bonds is 6. The Kier molecular flexibility index (Phi) is 4.09. The van der Waals surface area contributed by atoms with Crippen molar-refractivity contribution in [1.82, 2.24) is 15.2 Å². The van der Waals surface area contributed by atoms with Gasteiger partial charge in [-0.3, -0.25) is 14.7 Å². The Bertz CT molecular complexity index is 840. The zero-order valence-corrected chi connectivity index (χ0v) is 12.0. The van der Waals surface area contributed by atoms with Gasteiger partial charge in [-0.15, -0.1) is 0 Å². The van der Waals surface area contributed by atoms with E-state index in [9.17, 15) is 14.0 Å². The van der Waals surface area contributed by atoms with Gasteiger partial charge in [0.15, 0.2) is 5.82 Å². The fourth-order valence-corrected chi connectivity index (χ4v) is 2.22. The van der Waals surface area contributed by atoms with Crippen LogP contribution in [-0.4, -0.2) is 26.7 Å². The summed E-state index contributed by atoms with van der Waals surface area (Å²) in [5.41, 5.74) is 1.48. The first kappa shape index (κ1) is 14.8. The van der Waals surface area contributed by atoms with Gasteiger partial charge in [0.2, 0.25) is 5.78 Å². The Labute approximate surface area is 130 Å².